The number of thioether (sulfide) groups is 1. The zero-order valence-corrected chi connectivity index (χ0v) is 15.2. The van der Waals surface area contributed by atoms with Crippen LogP contribution in [-0.4, -0.2) is 39.2 Å². The first-order valence-electron chi connectivity index (χ1n) is 8.56. The SMILES string of the molecule is CCCCN(CCCC)C(=O)C1CSc2ncc(C)c(=O)n2C1. The van der Waals surface area contributed by atoms with Crippen molar-refractivity contribution in [2.45, 2.75) is 58.2 Å². The molecule has 1 unspecified atom stereocenters. The fraction of sp³-hybridized carbons (Fsp3) is 0.706. The second kappa shape index (κ2) is 8.52. The number of unbranched alkanes of at least 4 members (excludes halogenated alkanes) is 2. The standard InChI is InChI=1S/C17H27N3O2S/c1-4-6-8-19(9-7-5-2)16(22)14-11-20-15(21)13(3)10-18-17(20)23-12-14/h10,14H,4-9,11-12H2,1-3H3. The Kier molecular flexibility index (Phi) is 6.69. The second-order valence-electron chi connectivity index (χ2n) is 6.18. The van der Waals surface area contributed by atoms with E-state index in [1.54, 1.807) is 17.7 Å². The first-order chi connectivity index (χ1) is 11.1. The second-order valence-corrected chi connectivity index (χ2v) is 7.17. The van der Waals surface area contributed by atoms with Gasteiger partial charge in [0.15, 0.2) is 5.16 Å². The molecule has 0 saturated carbocycles. The van der Waals surface area contributed by atoms with Gasteiger partial charge in [0.25, 0.3) is 5.56 Å². The summed E-state index contributed by atoms with van der Waals surface area (Å²) in [5.74, 6) is 0.782. The van der Waals surface area contributed by atoms with E-state index in [2.05, 4.69) is 18.8 Å². The number of hydrogen-bond donors (Lipinski definition) is 0. The predicted molar refractivity (Wildman–Crippen MR) is 93.8 cm³/mol. The monoisotopic (exact) mass is 337 g/mol. The van der Waals surface area contributed by atoms with Crippen molar-refractivity contribution in [2.24, 2.45) is 5.92 Å². The van der Waals surface area contributed by atoms with Crippen molar-refractivity contribution in [3.8, 4) is 0 Å². The fourth-order valence-corrected chi connectivity index (χ4v) is 3.78. The Morgan fingerprint density at radius 2 is 2.00 bits per heavy atom. The van der Waals surface area contributed by atoms with Gasteiger partial charge in [-0.2, -0.15) is 0 Å². The quantitative estimate of drug-likeness (QED) is 0.718. The maximum Gasteiger partial charge on any atom is 0.257 e. The summed E-state index contributed by atoms with van der Waals surface area (Å²) in [6.45, 7) is 8.16. The lowest BCUT2D eigenvalue weighted by atomic mass is 10.1. The van der Waals surface area contributed by atoms with Crippen molar-refractivity contribution in [2.75, 3.05) is 18.8 Å². The van der Waals surface area contributed by atoms with Crippen LogP contribution in [0.15, 0.2) is 16.1 Å². The Morgan fingerprint density at radius 3 is 2.61 bits per heavy atom. The highest BCUT2D eigenvalue weighted by atomic mass is 32.2. The van der Waals surface area contributed by atoms with Crippen molar-refractivity contribution in [1.29, 1.82) is 0 Å². The molecular weight excluding hydrogens is 310 g/mol. The largest absolute Gasteiger partial charge is 0.342 e. The number of rotatable bonds is 7. The van der Waals surface area contributed by atoms with E-state index < -0.39 is 0 Å². The molecule has 1 aliphatic rings. The lowest BCUT2D eigenvalue weighted by Crippen LogP contribution is -2.43. The predicted octanol–water partition coefficient (Wildman–Crippen LogP) is 2.70. The number of nitrogens with zero attached hydrogens (tertiary/aromatic N) is 3. The van der Waals surface area contributed by atoms with Crippen LogP contribution >= 0.6 is 11.8 Å². The lowest BCUT2D eigenvalue weighted by Gasteiger charge is -2.30. The van der Waals surface area contributed by atoms with Crippen LogP contribution in [0.1, 0.15) is 45.1 Å². The molecule has 1 aromatic rings. The van der Waals surface area contributed by atoms with E-state index in [-0.39, 0.29) is 17.4 Å². The molecule has 0 bridgehead atoms. The van der Waals surface area contributed by atoms with Gasteiger partial charge in [-0.1, -0.05) is 38.5 Å². The van der Waals surface area contributed by atoms with Crippen molar-refractivity contribution < 1.29 is 4.79 Å². The lowest BCUT2D eigenvalue weighted by molar-refractivity contribution is -0.135. The zero-order chi connectivity index (χ0) is 16.8. The molecule has 2 heterocycles. The molecule has 0 saturated heterocycles. The molecule has 23 heavy (non-hydrogen) atoms. The van der Waals surface area contributed by atoms with Crippen LogP contribution in [0.3, 0.4) is 0 Å². The molecule has 0 N–H and O–H groups in total. The maximum absolute atomic E-state index is 12.9. The minimum Gasteiger partial charge on any atom is -0.342 e. The zero-order valence-electron chi connectivity index (χ0n) is 14.4. The summed E-state index contributed by atoms with van der Waals surface area (Å²) >= 11 is 1.52. The van der Waals surface area contributed by atoms with E-state index in [0.717, 1.165) is 43.9 Å². The molecule has 1 aliphatic heterocycles. The highest BCUT2D eigenvalue weighted by Crippen LogP contribution is 2.26. The molecule has 6 heteroatoms. The summed E-state index contributed by atoms with van der Waals surface area (Å²) in [6.07, 6.45) is 5.86. The molecule has 1 atom stereocenters. The molecule has 1 aromatic heterocycles. The maximum atomic E-state index is 12.9. The van der Waals surface area contributed by atoms with Gasteiger partial charge in [0.05, 0.1) is 5.92 Å². The Labute approximate surface area is 142 Å². The van der Waals surface area contributed by atoms with Crippen LogP contribution in [-0.2, 0) is 11.3 Å². The van der Waals surface area contributed by atoms with E-state index in [9.17, 15) is 9.59 Å². The van der Waals surface area contributed by atoms with Gasteiger partial charge in [-0.05, 0) is 19.8 Å². The summed E-state index contributed by atoms with van der Waals surface area (Å²) in [4.78, 5) is 31.5. The van der Waals surface area contributed by atoms with Gasteiger partial charge in [-0.3, -0.25) is 14.2 Å². The Bertz CT molecular complexity index is 592. The third kappa shape index (κ3) is 4.37. The topological polar surface area (TPSA) is 55.2 Å². The Hall–Kier alpha value is -1.30. The van der Waals surface area contributed by atoms with Crippen LogP contribution in [0.5, 0.6) is 0 Å². The molecule has 0 spiro atoms. The average Bonchev–Trinajstić information content (AvgIpc) is 2.57. The summed E-state index contributed by atoms with van der Waals surface area (Å²) in [5, 5.41) is 0.735. The molecule has 0 aromatic carbocycles. The number of hydrogen-bond acceptors (Lipinski definition) is 4. The van der Waals surface area contributed by atoms with Crippen LogP contribution in [0, 0.1) is 12.8 Å². The minimum atomic E-state index is -0.123. The Morgan fingerprint density at radius 1 is 1.35 bits per heavy atom. The smallest absolute Gasteiger partial charge is 0.257 e. The molecule has 2 rings (SSSR count). The van der Waals surface area contributed by atoms with Gasteiger partial charge in [-0.15, -0.1) is 0 Å². The van der Waals surface area contributed by atoms with Crippen molar-refractivity contribution in [1.82, 2.24) is 14.5 Å². The van der Waals surface area contributed by atoms with Gasteiger partial charge in [0.2, 0.25) is 5.91 Å². The number of aryl methyl sites for hydroxylation is 1. The van der Waals surface area contributed by atoms with Gasteiger partial charge in [0.1, 0.15) is 0 Å². The van der Waals surface area contributed by atoms with E-state index >= 15 is 0 Å². The molecule has 1 amide bonds. The van der Waals surface area contributed by atoms with Gasteiger partial charge in [-0.25, -0.2) is 4.98 Å². The summed E-state index contributed by atoms with van der Waals surface area (Å²) in [6, 6.07) is 0. The van der Waals surface area contributed by atoms with Gasteiger partial charge < -0.3 is 4.90 Å². The third-order valence-electron chi connectivity index (χ3n) is 4.22. The van der Waals surface area contributed by atoms with Crippen molar-refractivity contribution in [3.63, 3.8) is 0 Å². The molecule has 5 nitrogen and oxygen atoms in total. The normalized spacial score (nSPS) is 16.9. The first-order valence-corrected chi connectivity index (χ1v) is 9.55. The van der Waals surface area contributed by atoms with Gasteiger partial charge in [0, 0.05) is 37.1 Å². The van der Waals surface area contributed by atoms with E-state index in [0.29, 0.717) is 17.9 Å². The summed E-state index contributed by atoms with van der Waals surface area (Å²) in [7, 11) is 0. The molecule has 0 fully saturated rings. The summed E-state index contributed by atoms with van der Waals surface area (Å²) in [5.41, 5.74) is 0.616. The number of carbonyl (C=O) groups excluding carboxylic acids is 1. The van der Waals surface area contributed by atoms with Crippen molar-refractivity contribution in [3.05, 3.63) is 22.1 Å². The highest BCUT2D eigenvalue weighted by Gasteiger charge is 2.29. The van der Waals surface area contributed by atoms with Crippen LogP contribution in [0.4, 0.5) is 0 Å². The number of amides is 1. The van der Waals surface area contributed by atoms with Crippen LogP contribution in [0.2, 0.25) is 0 Å². The highest BCUT2D eigenvalue weighted by molar-refractivity contribution is 7.99. The van der Waals surface area contributed by atoms with Crippen LogP contribution < -0.4 is 5.56 Å². The van der Waals surface area contributed by atoms with E-state index in [1.165, 1.54) is 11.8 Å². The van der Waals surface area contributed by atoms with Gasteiger partial charge >= 0.3 is 0 Å². The number of carbonyl (C=O) groups is 1. The van der Waals surface area contributed by atoms with E-state index in [4.69, 9.17) is 0 Å². The molecule has 128 valence electrons. The van der Waals surface area contributed by atoms with Crippen molar-refractivity contribution >= 4 is 17.7 Å². The fourth-order valence-electron chi connectivity index (χ4n) is 2.74. The first kappa shape index (κ1) is 18.0. The number of fused-ring (bicyclic) bond motifs is 1. The Balaban J connectivity index is 2.12. The number of aromatic nitrogens is 2. The van der Waals surface area contributed by atoms with Crippen LogP contribution in [0.25, 0.3) is 0 Å². The molecular formula is C17H27N3O2S. The minimum absolute atomic E-state index is 0.0198. The average molecular weight is 337 g/mol. The third-order valence-corrected chi connectivity index (χ3v) is 5.38. The summed E-state index contributed by atoms with van der Waals surface area (Å²) < 4.78 is 1.67. The molecule has 0 aliphatic carbocycles. The molecule has 0 radical (unpaired) electrons. The van der Waals surface area contributed by atoms with E-state index in [1.807, 2.05) is 4.90 Å².